The van der Waals surface area contributed by atoms with Crippen LogP contribution in [0.3, 0.4) is 0 Å². The maximum absolute atomic E-state index is 11.9. The molecule has 3 aliphatic heterocycles. The smallest absolute Gasteiger partial charge is 0.383 e. The van der Waals surface area contributed by atoms with Gasteiger partial charge >= 0.3 is 10.3 Å². The van der Waals surface area contributed by atoms with Gasteiger partial charge in [0, 0.05) is 0 Å². The molecular formula is C15H25NO9S. The van der Waals surface area contributed by atoms with Gasteiger partial charge in [0.2, 0.25) is 5.79 Å². The van der Waals surface area contributed by atoms with Gasteiger partial charge < -0.3 is 28.4 Å². The molecule has 0 aliphatic carbocycles. The van der Waals surface area contributed by atoms with Gasteiger partial charge in [-0.05, 0) is 34.6 Å². The Kier molecular flexibility index (Phi) is 5.10. The minimum absolute atomic E-state index is 0.148. The minimum Gasteiger partial charge on any atom is -0.483 e. The molecule has 0 aromatic heterocycles. The van der Waals surface area contributed by atoms with E-state index >= 15 is 0 Å². The lowest BCUT2D eigenvalue weighted by molar-refractivity contribution is -0.290. The molecule has 150 valence electrons. The van der Waals surface area contributed by atoms with Gasteiger partial charge in [-0.3, -0.25) is 0 Å². The van der Waals surface area contributed by atoms with E-state index in [9.17, 15) is 8.42 Å². The molecule has 0 saturated carbocycles. The van der Waals surface area contributed by atoms with Gasteiger partial charge in [0.05, 0.1) is 13.2 Å². The van der Waals surface area contributed by atoms with Gasteiger partial charge in [-0.1, -0.05) is 0 Å². The predicted molar refractivity (Wildman–Crippen MR) is 87.5 cm³/mol. The van der Waals surface area contributed by atoms with Gasteiger partial charge in [0.15, 0.2) is 18.0 Å². The average Bonchev–Trinajstić information content (AvgIpc) is 2.97. The molecule has 0 unspecified atom stereocenters. The average molecular weight is 395 g/mol. The van der Waals surface area contributed by atoms with Crippen LogP contribution in [0.15, 0.2) is 4.40 Å². The third-order valence-corrected chi connectivity index (χ3v) is 4.86. The Hall–Kier alpha value is -0.820. The van der Waals surface area contributed by atoms with Crippen molar-refractivity contribution in [2.75, 3.05) is 19.8 Å². The van der Waals surface area contributed by atoms with Crippen LogP contribution in [0.1, 0.15) is 34.6 Å². The van der Waals surface area contributed by atoms with E-state index in [2.05, 4.69) is 4.40 Å². The molecule has 10 nitrogen and oxygen atoms in total. The van der Waals surface area contributed by atoms with Crippen LogP contribution in [0, 0.1) is 0 Å². The number of hydrogen-bond donors (Lipinski definition) is 0. The molecule has 3 rings (SSSR count). The Morgan fingerprint density at radius 3 is 2.58 bits per heavy atom. The molecule has 3 saturated heterocycles. The van der Waals surface area contributed by atoms with Crippen LogP contribution in [0.25, 0.3) is 0 Å². The highest BCUT2D eigenvalue weighted by atomic mass is 32.2. The fraction of sp³-hybridized carbons (Fsp3) is 0.933. The van der Waals surface area contributed by atoms with Crippen molar-refractivity contribution in [3.8, 4) is 0 Å². The summed E-state index contributed by atoms with van der Waals surface area (Å²) in [5.74, 6) is -3.28. The molecule has 0 aromatic rings. The summed E-state index contributed by atoms with van der Waals surface area (Å²) in [4.78, 5) is 0. The molecule has 0 amide bonds. The summed E-state index contributed by atoms with van der Waals surface area (Å²) in [7, 11) is -4.22. The number of rotatable bonds is 6. The van der Waals surface area contributed by atoms with Crippen molar-refractivity contribution in [3.63, 3.8) is 0 Å². The monoisotopic (exact) mass is 395 g/mol. The minimum atomic E-state index is -4.22. The van der Waals surface area contributed by atoms with E-state index in [0.29, 0.717) is 0 Å². The van der Waals surface area contributed by atoms with Crippen LogP contribution in [-0.2, 0) is 42.9 Å². The maximum Gasteiger partial charge on any atom is 0.383 e. The Balaban J connectivity index is 1.78. The second kappa shape index (κ2) is 6.66. The number of ether oxygens (including phenoxy) is 6. The summed E-state index contributed by atoms with van der Waals surface area (Å²) in [6, 6.07) is 0. The molecule has 11 heteroatoms. The van der Waals surface area contributed by atoms with Gasteiger partial charge in [-0.25, -0.2) is 4.18 Å². The largest absolute Gasteiger partial charge is 0.483 e. The molecule has 3 fully saturated rings. The topological polar surface area (TPSA) is 111 Å². The SMILES string of the molecule is CCOC=NS(=O)(=O)OC[C@@]12OC[C@H]3OC(C)(C)O[C@H]3[C@@H]1OC(C)(C)O2. The second-order valence-electron chi connectivity index (χ2n) is 7.16. The molecule has 3 heterocycles. The van der Waals surface area contributed by atoms with Gasteiger partial charge in [0.25, 0.3) is 0 Å². The van der Waals surface area contributed by atoms with Gasteiger partial charge in [0.1, 0.15) is 24.9 Å². The van der Waals surface area contributed by atoms with E-state index in [1.54, 1.807) is 34.6 Å². The molecule has 0 aromatic carbocycles. The molecule has 3 aliphatic rings. The summed E-state index contributed by atoms with van der Waals surface area (Å²) < 4.78 is 66.3. The highest BCUT2D eigenvalue weighted by Crippen LogP contribution is 2.47. The first-order valence-corrected chi connectivity index (χ1v) is 9.76. The van der Waals surface area contributed by atoms with E-state index in [0.717, 1.165) is 6.40 Å². The molecule has 0 N–H and O–H groups in total. The lowest BCUT2D eigenvalue weighted by Gasteiger charge is -2.40. The van der Waals surface area contributed by atoms with Crippen molar-refractivity contribution >= 4 is 16.7 Å². The predicted octanol–water partition coefficient (Wildman–Crippen LogP) is 0.711. The first kappa shape index (κ1) is 19.9. The number of nitrogens with zero attached hydrogens (tertiary/aromatic N) is 1. The molecular weight excluding hydrogens is 370 g/mol. The van der Waals surface area contributed by atoms with Crippen molar-refractivity contribution in [1.29, 1.82) is 0 Å². The zero-order chi connectivity index (χ0) is 19.2. The van der Waals surface area contributed by atoms with Gasteiger partial charge in [-0.2, -0.15) is 8.42 Å². The fourth-order valence-corrected chi connectivity index (χ4v) is 3.83. The lowest BCUT2D eigenvalue weighted by atomic mass is 9.98. The quantitative estimate of drug-likeness (QED) is 0.474. The summed E-state index contributed by atoms with van der Waals surface area (Å²) in [6.07, 6.45) is -0.759. The van der Waals surface area contributed by atoms with Gasteiger partial charge in [-0.15, -0.1) is 4.40 Å². The van der Waals surface area contributed by atoms with E-state index in [4.69, 9.17) is 32.6 Å². The summed E-state index contributed by atoms with van der Waals surface area (Å²) in [5, 5.41) is 0. The van der Waals surface area contributed by atoms with E-state index in [-0.39, 0.29) is 19.3 Å². The summed E-state index contributed by atoms with van der Waals surface area (Å²) >= 11 is 0. The van der Waals surface area contributed by atoms with Crippen LogP contribution in [0.2, 0.25) is 0 Å². The normalized spacial score (nSPS) is 38.3. The molecule has 26 heavy (non-hydrogen) atoms. The van der Waals surface area contributed by atoms with Crippen LogP contribution in [0.5, 0.6) is 0 Å². The highest BCUT2D eigenvalue weighted by Gasteiger charge is 2.65. The van der Waals surface area contributed by atoms with E-state index in [1.807, 2.05) is 0 Å². The lowest BCUT2D eigenvalue weighted by Crippen LogP contribution is -2.60. The van der Waals surface area contributed by atoms with Crippen molar-refractivity contribution < 1.29 is 41.0 Å². The van der Waals surface area contributed by atoms with Crippen LogP contribution in [-0.4, -0.2) is 70.3 Å². The van der Waals surface area contributed by atoms with Crippen LogP contribution < -0.4 is 0 Å². The third-order valence-electron chi connectivity index (χ3n) is 4.10. The van der Waals surface area contributed by atoms with E-state index < -0.39 is 46.5 Å². The van der Waals surface area contributed by atoms with Crippen LogP contribution in [0.4, 0.5) is 0 Å². The van der Waals surface area contributed by atoms with Crippen molar-refractivity contribution in [3.05, 3.63) is 0 Å². The molecule has 0 spiro atoms. The summed E-state index contributed by atoms with van der Waals surface area (Å²) in [6.45, 7) is 8.67. The first-order chi connectivity index (χ1) is 12.0. The Bertz CT molecular complexity index is 662. The first-order valence-electron chi connectivity index (χ1n) is 8.40. The Morgan fingerprint density at radius 1 is 1.15 bits per heavy atom. The number of hydrogen-bond acceptors (Lipinski definition) is 9. The molecule has 0 bridgehead atoms. The highest BCUT2D eigenvalue weighted by molar-refractivity contribution is 7.85. The summed E-state index contributed by atoms with van der Waals surface area (Å²) in [5.41, 5.74) is 0. The number of fused-ring (bicyclic) bond motifs is 3. The third kappa shape index (κ3) is 4.03. The van der Waals surface area contributed by atoms with E-state index in [1.165, 1.54) is 0 Å². The maximum atomic E-state index is 11.9. The Labute approximate surface area is 152 Å². The van der Waals surface area contributed by atoms with Crippen molar-refractivity contribution in [2.45, 2.75) is 70.3 Å². The van der Waals surface area contributed by atoms with Crippen molar-refractivity contribution in [1.82, 2.24) is 0 Å². The zero-order valence-corrected chi connectivity index (χ0v) is 16.3. The van der Waals surface area contributed by atoms with Crippen molar-refractivity contribution in [2.24, 2.45) is 4.40 Å². The van der Waals surface area contributed by atoms with Crippen LogP contribution >= 0.6 is 0 Å². The fourth-order valence-electron chi connectivity index (χ4n) is 3.29. The zero-order valence-electron chi connectivity index (χ0n) is 15.5. The second-order valence-corrected chi connectivity index (χ2v) is 8.46. The molecule has 0 radical (unpaired) electrons. The Morgan fingerprint density at radius 2 is 1.88 bits per heavy atom. The molecule has 4 atom stereocenters. The standard InChI is InChI=1S/C15H25NO9S/c1-6-19-9-16-26(17,18)21-8-15-12(24-14(4,5)25-15)11-10(7-20-15)22-13(2,3)23-11/h9-12H,6-8H2,1-5H3/t10-,11-,12+,15+/m1/s1.